The summed E-state index contributed by atoms with van der Waals surface area (Å²) in [6.45, 7) is 1.82. The van der Waals surface area contributed by atoms with E-state index in [9.17, 15) is 13.6 Å². The Hall–Kier alpha value is -3.36. The topological polar surface area (TPSA) is 92.0 Å². The summed E-state index contributed by atoms with van der Waals surface area (Å²) < 4.78 is 32.4. The summed E-state index contributed by atoms with van der Waals surface area (Å²) in [6, 6.07) is 11.2. The van der Waals surface area contributed by atoms with Gasteiger partial charge in [-0.05, 0) is 42.7 Å². The smallest absolute Gasteiger partial charge is 0.255 e. The predicted molar refractivity (Wildman–Crippen MR) is 116 cm³/mol. The van der Waals surface area contributed by atoms with Gasteiger partial charge < -0.3 is 26.0 Å². The number of aliphatic imine (C=N–C) groups is 1. The first kappa shape index (κ1) is 22.3. The van der Waals surface area contributed by atoms with Gasteiger partial charge in [-0.15, -0.1) is 0 Å². The van der Waals surface area contributed by atoms with Gasteiger partial charge in [-0.25, -0.2) is 8.78 Å². The van der Waals surface area contributed by atoms with Crippen LogP contribution in [0.3, 0.4) is 0 Å². The Bertz CT molecular complexity index is 921. The summed E-state index contributed by atoms with van der Waals surface area (Å²) in [5.41, 5.74) is 6.58. The third-order valence-electron chi connectivity index (χ3n) is 5.01. The molecule has 0 radical (unpaired) electrons. The Labute approximate surface area is 180 Å². The molecule has 2 aromatic carbocycles. The second-order valence-electron chi connectivity index (χ2n) is 7.32. The van der Waals surface area contributed by atoms with Crippen LogP contribution in [0.25, 0.3) is 0 Å². The van der Waals surface area contributed by atoms with Crippen molar-refractivity contribution in [3.8, 4) is 5.75 Å². The van der Waals surface area contributed by atoms with Crippen molar-refractivity contribution in [2.24, 2.45) is 10.7 Å². The minimum atomic E-state index is -0.576. The molecular weight excluding hydrogens is 404 g/mol. The van der Waals surface area contributed by atoms with Gasteiger partial charge in [0, 0.05) is 38.8 Å². The molecule has 1 saturated heterocycles. The van der Waals surface area contributed by atoms with Gasteiger partial charge in [0.05, 0.1) is 5.69 Å². The molecule has 166 valence electrons. The zero-order chi connectivity index (χ0) is 22.2. The quantitative estimate of drug-likeness (QED) is 0.438. The number of guanidine groups is 1. The van der Waals surface area contributed by atoms with E-state index in [1.165, 1.54) is 12.1 Å². The SMILES string of the molecule is CN=C(NCCc1ccc(OCC(N)=O)cc1)NC1CCN(c2ccc(F)cc2F)C1. The minimum absolute atomic E-state index is 0.109. The van der Waals surface area contributed by atoms with Crippen LogP contribution in [0.4, 0.5) is 14.5 Å². The Morgan fingerprint density at radius 1 is 1.26 bits per heavy atom. The maximum absolute atomic E-state index is 14.0. The number of nitrogens with two attached hydrogens (primary N) is 1. The van der Waals surface area contributed by atoms with Gasteiger partial charge in [-0.1, -0.05) is 12.1 Å². The van der Waals surface area contributed by atoms with Crippen LogP contribution in [0.5, 0.6) is 5.75 Å². The highest BCUT2D eigenvalue weighted by atomic mass is 19.1. The number of halogens is 2. The summed E-state index contributed by atoms with van der Waals surface area (Å²) in [5.74, 6) is -0.369. The van der Waals surface area contributed by atoms with Gasteiger partial charge in [0.1, 0.15) is 17.4 Å². The van der Waals surface area contributed by atoms with E-state index in [2.05, 4.69) is 15.6 Å². The lowest BCUT2D eigenvalue weighted by Crippen LogP contribution is -2.45. The molecule has 1 fully saturated rings. The maximum Gasteiger partial charge on any atom is 0.255 e. The van der Waals surface area contributed by atoms with Crippen molar-refractivity contribution in [3.63, 3.8) is 0 Å². The summed E-state index contributed by atoms with van der Waals surface area (Å²) in [6.07, 6.45) is 1.60. The highest BCUT2D eigenvalue weighted by Crippen LogP contribution is 2.24. The zero-order valence-electron chi connectivity index (χ0n) is 17.4. The summed E-state index contributed by atoms with van der Waals surface area (Å²) in [5, 5.41) is 6.63. The highest BCUT2D eigenvalue weighted by Gasteiger charge is 2.25. The molecule has 1 unspecified atom stereocenters. The summed E-state index contributed by atoms with van der Waals surface area (Å²) >= 11 is 0. The number of hydrogen-bond donors (Lipinski definition) is 3. The molecule has 0 aliphatic carbocycles. The number of benzene rings is 2. The van der Waals surface area contributed by atoms with Crippen LogP contribution in [0.2, 0.25) is 0 Å². The van der Waals surface area contributed by atoms with Crippen LogP contribution in [-0.4, -0.2) is 51.2 Å². The fourth-order valence-electron chi connectivity index (χ4n) is 3.45. The first-order valence-corrected chi connectivity index (χ1v) is 10.1. The van der Waals surface area contributed by atoms with Crippen molar-refractivity contribution in [1.82, 2.24) is 10.6 Å². The molecule has 1 aliphatic rings. The maximum atomic E-state index is 14.0. The molecule has 0 aromatic heterocycles. The average molecular weight is 431 g/mol. The predicted octanol–water partition coefficient (Wildman–Crippen LogP) is 1.82. The second-order valence-corrected chi connectivity index (χ2v) is 7.32. The van der Waals surface area contributed by atoms with Gasteiger partial charge in [-0.2, -0.15) is 0 Å². The molecule has 4 N–H and O–H groups in total. The number of anilines is 1. The number of carbonyl (C=O) groups is 1. The molecule has 9 heteroatoms. The van der Waals surface area contributed by atoms with Gasteiger partial charge in [0.25, 0.3) is 5.91 Å². The molecule has 31 heavy (non-hydrogen) atoms. The first-order valence-electron chi connectivity index (χ1n) is 10.1. The molecule has 1 heterocycles. The molecule has 2 aromatic rings. The lowest BCUT2D eigenvalue weighted by atomic mass is 10.1. The largest absolute Gasteiger partial charge is 0.484 e. The fraction of sp³-hybridized carbons (Fsp3) is 0.364. The molecule has 0 bridgehead atoms. The van der Waals surface area contributed by atoms with E-state index in [1.807, 2.05) is 17.0 Å². The van der Waals surface area contributed by atoms with Crippen molar-refractivity contribution < 1.29 is 18.3 Å². The van der Waals surface area contributed by atoms with Crippen molar-refractivity contribution in [2.75, 3.05) is 38.2 Å². The van der Waals surface area contributed by atoms with Crippen LogP contribution >= 0.6 is 0 Å². The van der Waals surface area contributed by atoms with Gasteiger partial charge in [0.2, 0.25) is 0 Å². The van der Waals surface area contributed by atoms with E-state index >= 15 is 0 Å². The molecule has 1 aliphatic heterocycles. The van der Waals surface area contributed by atoms with Crippen LogP contribution in [-0.2, 0) is 11.2 Å². The Kier molecular flexibility index (Phi) is 7.64. The van der Waals surface area contributed by atoms with Crippen LogP contribution in [0.1, 0.15) is 12.0 Å². The normalized spacial score (nSPS) is 16.3. The van der Waals surface area contributed by atoms with Crippen molar-refractivity contribution >= 4 is 17.6 Å². The third kappa shape index (κ3) is 6.56. The minimum Gasteiger partial charge on any atom is -0.484 e. The molecular formula is C22H27F2N5O2. The van der Waals surface area contributed by atoms with E-state index in [-0.39, 0.29) is 12.6 Å². The van der Waals surface area contributed by atoms with Crippen LogP contribution in [0.15, 0.2) is 47.5 Å². The summed E-state index contributed by atoms with van der Waals surface area (Å²) in [7, 11) is 1.70. The Morgan fingerprint density at radius 3 is 2.71 bits per heavy atom. The lowest BCUT2D eigenvalue weighted by Gasteiger charge is -2.21. The molecule has 0 saturated carbocycles. The zero-order valence-corrected chi connectivity index (χ0v) is 17.4. The van der Waals surface area contributed by atoms with E-state index in [0.29, 0.717) is 37.0 Å². The van der Waals surface area contributed by atoms with Crippen molar-refractivity contribution in [2.45, 2.75) is 18.9 Å². The average Bonchev–Trinajstić information content (AvgIpc) is 3.20. The third-order valence-corrected chi connectivity index (χ3v) is 5.01. The summed E-state index contributed by atoms with van der Waals surface area (Å²) in [4.78, 5) is 16.9. The molecule has 3 rings (SSSR count). The van der Waals surface area contributed by atoms with Crippen molar-refractivity contribution in [3.05, 3.63) is 59.7 Å². The fourth-order valence-corrected chi connectivity index (χ4v) is 3.45. The van der Waals surface area contributed by atoms with Crippen LogP contribution < -0.4 is 26.0 Å². The highest BCUT2D eigenvalue weighted by molar-refractivity contribution is 5.80. The van der Waals surface area contributed by atoms with Gasteiger partial charge in [-0.3, -0.25) is 9.79 Å². The van der Waals surface area contributed by atoms with Gasteiger partial charge in [0.15, 0.2) is 12.6 Å². The number of primary amides is 1. The number of hydrogen-bond acceptors (Lipinski definition) is 4. The molecule has 0 spiro atoms. The number of ether oxygens (including phenoxy) is 1. The standard InChI is InChI=1S/C22H27F2N5O2/c1-26-22(27-10-8-15-2-5-18(6-3-15)31-14-21(25)30)28-17-9-11-29(13-17)20-7-4-16(23)12-19(20)24/h2-7,12,17H,8-11,13-14H2,1H3,(H2,25,30)(H2,26,27,28). The number of nitrogens with zero attached hydrogens (tertiary/aromatic N) is 2. The van der Waals surface area contributed by atoms with E-state index in [0.717, 1.165) is 24.5 Å². The lowest BCUT2D eigenvalue weighted by molar-refractivity contribution is -0.119. The van der Waals surface area contributed by atoms with E-state index in [4.69, 9.17) is 10.5 Å². The monoisotopic (exact) mass is 431 g/mol. The van der Waals surface area contributed by atoms with E-state index in [1.54, 1.807) is 19.2 Å². The number of carbonyl (C=O) groups excluding carboxylic acids is 1. The number of rotatable bonds is 8. The van der Waals surface area contributed by atoms with E-state index < -0.39 is 17.5 Å². The van der Waals surface area contributed by atoms with Crippen molar-refractivity contribution in [1.29, 1.82) is 0 Å². The van der Waals surface area contributed by atoms with Crippen LogP contribution in [0, 0.1) is 11.6 Å². The number of nitrogens with one attached hydrogen (secondary N) is 2. The second kappa shape index (κ2) is 10.6. The molecule has 7 nitrogen and oxygen atoms in total. The first-order chi connectivity index (χ1) is 14.9. The Morgan fingerprint density at radius 2 is 2.03 bits per heavy atom. The number of amides is 1. The molecule has 1 amide bonds. The molecule has 1 atom stereocenters. The van der Waals surface area contributed by atoms with Gasteiger partial charge >= 0.3 is 0 Å². The Balaban J connectivity index is 1.43.